The molecule has 2 atom stereocenters. The van der Waals surface area contributed by atoms with Crippen molar-refractivity contribution in [1.82, 2.24) is 0 Å². The van der Waals surface area contributed by atoms with E-state index in [0.717, 1.165) is 0 Å². The first-order valence-electron chi connectivity index (χ1n) is 6.21. The van der Waals surface area contributed by atoms with Gasteiger partial charge in [-0.1, -0.05) is 13.3 Å². The lowest BCUT2D eigenvalue weighted by atomic mass is 9.62. The summed E-state index contributed by atoms with van der Waals surface area (Å²) >= 11 is 0. The maximum Gasteiger partial charge on any atom is 0.310 e. The lowest BCUT2D eigenvalue weighted by molar-refractivity contribution is -0.247. The molecule has 18 heavy (non-hydrogen) atoms. The number of nitrogens with zero attached hydrogens (tertiary/aromatic N) is 1. The molecule has 0 spiro atoms. The molecule has 0 saturated heterocycles. The van der Waals surface area contributed by atoms with Crippen LogP contribution in [-0.2, 0) is 14.3 Å². The smallest absolute Gasteiger partial charge is 0.310 e. The van der Waals surface area contributed by atoms with Gasteiger partial charge in [-0.25, -0.2) is 0 Å². The number of hydrogen-bond acceptors (Lipinski definition) is 4. The second kappa shape index (κ2) is 5.68. The van der Waals surface area contributed by atoms with Gasteiger partial charge in [-0.3, -0.25) is 4.79 Å². The molecule has 5 nitrogen and oxygen atoms in total. The molecule has 102 valence electrons. The standard InChI is InChI=1S/C13H21NO4/c1-4-10-9-13(17-2,18-3)6-5-12(10,7-8-14)11(15)16/h10H,4-7,9H2,1-3H3,(H,15,16). The van der Waals surface area contributed by atoms with Crippen LogP contribution in [0.25, 0.3) is 0 Å². The summed E-state index contributed by atoms with van der Waals surface area (Å²) in [5, 5.41) is 18.4. The van der Waals surface area contributed by atoms with E-state index in [4.69, 9.17) is 14.7 Å². The van der Waals surface area contributed by atoms with E-state index in [1.54, 1.807) is 14.2 Å². The van der Waals surface area contributed by atoms with Crippen molar-refractivity contribution in [2.75, 3.05) is 14.2 Å². The molecule has 2 unspecified atom stereocenters. The van der Waals surface area contributed by atoms with Crippen LogP contribution in [0.4, 0.5) is 0 Å². The number of methoxy groups -OCH3 is 2. The Balaban J connectivity index is 3.04. The molecular formula is C13H21NO4. The Morgan fingerprint density at radius 3 is 2.44 bits per heavy atom. The Labute approximate surface area is 108 Å². The molecule has 0 aliphatic heterocycles. The van der Waals surface area contributed by atoms with Gasteiger partial charge in [-0.05, 0) is 12.3 Å². The Bertz CT molecular complexity index is 345. The van der Waals surface area contributed by atoms with Crippen molar-refractivity contribution >= 4 is 5.97 Å². The first-order valence-corrected chi connectivity index (χ1v) is 6.21. The predicted molar refractivity (Wildman–Crippen MR) is 64.7 cm³/mol. The zero-order valence-electron chi connectivity index (χ0n) is 11.2. The van der Waals surface area contributed by atoms with Crippen LogP contribution in [0, 0.1) is 22.7 Å². The van der Waals surface area contributed by atoms with Gasteiger partial charge in [0.1, 0.15) is 0 Å². The highest BCUT2D eigenvalue weighted by Gasteiger charge is 2.53. The summed E-state index contributed by atoms with van der Waals surface area (Å²) in [4.78, 5) is 11.6. The second-order valence-electron chi connectivity index (χ2n) is 4.92. The third-order valence-corrected chi connectivity index (χ3v) is 4.35. The van der Waals surface area contributed by atoms with Crippen LogP contribution < -0.4 is 0 Å². The number of hydrogen-bond donors (Lipinski definition) is 1. The molecule has 0 aromatic carbocycles. The molecular weight excluding hydrogens is 234 g/mol. The van der Waals surface area contributed by atoms with Crippen molar-refractivity contribution in [2.24, 2.45) is 11.3 Å². The highest BCUT2D eigenvalue weighted by atomic mass is 16.7. The SMILES string of the molecule is CCC1CC(OC)(OC)CCC1(CC#N)C(=O)O. The molecule has 1 fully saturated rings. The van der Waals surface area contributed by atoms with E-state index < -0.39 is 17.2 Å². The average molecular weight is 255 g/mol. The zero-order valence-corrected chi connectivity index (χ0v) is 11.2. The number of aliphatic carboxylic acids is 1. The Morgan fingerprint density at radius 2 is 2.06 bits per heavy atom. The third kappa shape index (κ3) is 2.36. The summed E-state index contributed by atoms with van der Waals surface area (Å²) in [5.74, 6) is -1.69. The Morgan fingerprint density at radius 1 is 1.44 bits per heavy atom. The van der Waals surface area contributed by atoms with E-state index in [1.807, 2.05) is 13.0 Å². The molecule has 1 saturated carbocycles. The number of rotatable bonds is 5. The van der Waals surface area contributed by atoms with Crippen LogP contribution in [0.3, 0.4) is 0 Å². The van der Waals surface area contributed by atoms with Gasteiger partial charge in [0, 0.05) is 27.1 Å². The van der Waals surface area contributed by atoms with Crippen molar-refractivity contribution in [1.29, 1.82) is 5.26 Å². The molecule has 1 rings (SSSR count). The van der Waals surface area contributed by atoms with Gasteiger partial charge < -0.3 is 14.6 Å². The van der Waals surface area contributed by atoms with Crippen LogP contribution in [0.1, 0.15) is 39.0 Å². The highest BCUT2D eigenvalue weighted by Crippen LogP contribution is 2.50. The van der Waals surface area contributed by atoms with Crippen molar-refractivity contribution in [3.8, 4) is 6.07 Å². The minimum absolute atomic E-state index is 0.0460. The van der Waals surface area contributed by atoms with E-state index in [2.05, 4.69) is 0 Å². The largest absolute Gasteiger partial charge is 0.481 e. The minimum atomic E-state index is -0.954. The summed E-state index contributed by atoms with van der Waals surface area (Å²) in [5.41, 5.74) is -0.954. The first-order chi connectivity index (χ1) is 8.50. The average Bonchev–Trinajstić information content (AvgIpc) is 2.39. The third-order valence-electron chi connectivity index (χ3n) is 4.35. The molecule has 1 aliphatic carbocycles. The minimum Gasteiger partial charge on any atom is -0.481 e. The molecule has 1 aliphatic rings. The lowest BCUT2D eigenvalue weighted by Gasteiger charge is -2.47. The fourth-order valence-corrected chi connectivity index (χ4v) is 3.01. The van der Waals surface area contributed by atoms with E-state index in [9.17, 15) is 9.90 Å². The highest BCUT2D eigenvalue weighted by molar-refractivity contribution is 5.75. The number of carboxylic acid groups (broad SMARTS) is 1. The van der Waals surface area contributed by atoms with Gasteiger partial charge >= 0.3 is 5.97 Å². The predicted octanol–water partition coefficient (Wildman–Crippen LogP) is 2.17. The maximum atomic E-state index is 11.6. The molecule has 0 aromatic heterocycles. The van der Waals surface area contributed by atoms with Gasteiger partial charge in [0.2, 0.25) is 0 Å². The number of carbonyl (C=O) groups is 1. The van der Waals surface area contributed by atoms with Gasteiger partial charge in [0.25, 0.3) is 0 Å². The molecule has 5 heteroatoms. The topological polar surface area (TPSA) is 79.5 Å². The van der Waals surface area contributed by atoms with Gasteiger partial charge in [0.15, 0.2) is 5.79 Å². The summed E-state index contributed by atoms with van der Waals surface area (Å²) < 4.78 is 10.8. The van der Waals surface area contributed by atoms with Crippen LogP contribution in [0.5, 0.6) is 0 Å². The van der Waals surface area contributed by atoms with Gasteiger partial charge in [-0.15, -0.1) is 0 Å². The fourth-order valence-electron chi connectivity index (χ4n) is 3.01. The number of ether oxygens (including phenoxy) is 2. The normalized spacial score (nSPS) is 30.7. The Kier molecular flexibility index (Phi) is 4.71. The van der Waals surface area contributed by atoms with Crippen LogP contribution in [0.2, 0.25) is 0 Å². The van der Waals surface area contributed by atoms with Crippen molar-refractivity contribution in [3.05, 3.63) is 0 Å². The van der Waals surface area contributed by atoms with Crippen LogP contribution in [0.15, 0.2) is 0 Å². The number of nitriles is 1. The van der Waals surface area contributed by atoms with E-state index >= 15 is 0 Å². The summed E-state index contributed by atoms with van der Waals surface area (Å²) in [6.07, 6.45) is 2.18. The van der Waals surface area contributed by atoms with Crippen molar-refractivity contribution < 1.29 is 19.4 Å². The summed E-state index contributed by atoms with van der Waals surface area (Å²) in [6.45, 7) is 1.95. The van der Waals surface area contributed by atoms with Gasteiger partial charge in [0.05, 0.1) is 17.9 Å². The molecule has 0 radical (unpaired) electrons. The monoisotopic (exact) mass is 255 g/mol. The molecule has 0 amide bonds. The van der Waals surface area contributed by atoms with E-state index in [-0.39, 0.29) is 12.3 Å². The molecule has 0 bridgehead atoms. The lowest BCUT2D eigenvalue weighted by Crippen LogP contribution is -2.50. The second-order valence-corrected chi connectivity index (χ2v) is 4.92. The van der Waals surface area contributed by atoms with Gasteiger partial charge in [-0.2, -0.15) is 5.26 Å². The van der Waals surface area contributed by atoms with Crippen molar-refractivity contribution in [2.45, 2.75) is 44.8 Å². The van der Waals surface area contributed by atoms with Crippen LogP contribution >= 0.6 is 0 Å². The molecule has 0 heterocycles. The summed E-state index contributed by atoms with van der Waals surface area (Å²) in [6, 6.07) is 2.02. The van der Waals surface area contributed by atoms with Crippen LogP contribution in [-0.4, -0.2) is 31.1 Å². The van der Waals surface area contributed by atoms with E-state index in [0.29, 0.717) is 25.7 Å². The zero-order chi connectivity index (χ0) is 13.8. The summed E-state index contributed by atoms with van der Waals surface area (Å²) in [7, 11) is 3.16. The maximum absolute atomic E-state index is 11.6. The first kappa shape index (κ1) is 14.9. The van der Waals surface area contributed by atoms with E-state index in [1.165, 1.54) is 0 Å². The molecule has 1 N–H and O–H groups in total. The fraction of sp³-hybridized carbons (Fsp3) is 0.846. The quantitative estimate of drug-likeness (QED) is 0.761. The number of carboxylic acids is 1. The Hall–Kier alpha value is -1.12. The van der Waals surface area contributed by atoms with Crippen molar-refractivity contribution in [3.63, 3.8) is 0 Å². The molecule has 0 aromatic rings.